The second-order valence-electron chi connectivity index (χ2n) is 4.32. The molecule has 0 aliphatic heterocycles. The van der Waals surface area contributed by atoms with Gasteiger partial charge < -0.3 is 0 Å². The third kappa shape index (κ3) is 2.76. The van der Waals surface area contributed by atoms with Gasteiger partial charge in [0.25, 0.3) is 0 Å². The van der Waals surface area contributed by atoms with Gasteiger partial charge in [0.1, 0.15) is 17.6 Å². The molecule has 1 aromatic carbocycles. The van der Waals surface area contributed by atoms with Crippen molar-refractivity contribution in [2.75, 3.05) is 0 Å². The van der Waals surface area contributed by atoms with Gasteiger partial charge in [-0.05, 0) is 31.5 Å². The van der Waals surface area contributed by atoms with E-state index in [2.05, 4.69) is 16.0 Å². The number of hydrogen-bond acceptors (Lipinski definition) is 3. The Hall–Kier alpha value is -2.28. The molecule has 0 aliphatic carbocycles. The number of aryl methyl sites for hydroxylation is 1. The van der Waals surface area contributed by atoms with E-state index in [4.69, 9.17) is 5.26 Å². The fourth-order valence-electron chi connectivity index (χ4n) is 1.89. The molecule has 0 spiro atoms. The quantitative estimate of drug-likeness (QED) is 0.841. The lowest BCUT2D eigenvalue weighted by atomic mass is 10.1. The van der Waals surface area contributed by atoms with E-state index in [-0.39, 0.29) is 11.7 Å². The van der Waals surface area contributed by atoms with Gasteiger partial charge in [-0.1, -0.05) is 19.1 Å². The maximum Gasteiger partial charge on any atom is 0.146 e. The first-order chi connectivity index (χ1) is 9.15. The predicted octanol–water partition coefficient (Wildman–Crippen LogP) is 3.61. The van der Waals surface area contributed by atoms with Gasteiger partial charge in [-0.3, -0.25) is 0 Å². The van der Waals surface area contributed by atoms with E-state index in [1.165, 1.54) is 6.07 Å². The van der Waals surface area contributed by atoms with Crippen LogP contribution in [-0.4, -0.2) is 9.97 Å². The van der Waals surface area contributed by atoms with Crippen LogP contribution in [0.15, 0.2) is 30.3 Å². The van der Waals surface area contributed by atoms with Crippen molar-refractivity contribution in [1.82, 2.24) is 9.97 Å². The number of aromatic nitrogens is 2. The van der Waals surface area contributed by atoms with Crippen molar-refractivity contribution in [3.8, 4) is 17.3 Å². The topological polar surface area (TPSA) is 49.6 Å². The van der Waals surface area contributed by atoms with E-state index >= 15 is 0 Å². The van der Waals surface area contributed by atoms with Crippen LogP contribution in [0.3, 0.4) is 0 Å². The molecular weight excluding hydrogens is 241 g/mol. The molecule has 0 saturated carbocycles. The Bertz CT molecular complexity index is 632. The first-order valence-corrected chi connectivity index (χ1v) is 6.15. The van der Waals surface area contributed by atoms with Crippen molar-refractivity contribution >= 4 is 0 Å². The van der Waals surface area contributed by atoms with Crippen molar-refractivity contribution in [2.45, 2.75) is 26.2 Å². The van der Waals surface area contributed by atoms with Crippen molar-refractivity contribution in [1.29, 1.82) is 5.26 Å². The van der Waals surface area contributed by atoms with Crippen molar-refractivity contribution in [3.63, 3.8) is 0 Å². The van der Waals surface area contributed by atoms with Gasteiger partial charge in [-0.25, -0.2) is 14.4 Å². The van der Waals surface area contributed by atoms with Crippen LogP contribution in [0.1, 0.15) is 30.8 Å². The van der Waals surface area contributed by atoms with E-state index in [0.29, 0.717) is 23.5 Å². The Kier molecular flexibility index (Phi) is 3.86. The van der Waals surface area contributed by atoms with Gasteiger partial charge in [-0.2, -0.15) is 5.26 Å². The van der Waals surface area contributed by atoms with Gasteiger partial charge in [0.2, 0.25) is 0 Å². The lowest BCUT2D eigenvalue weighted by Gasteiger charge is -2.09. The highest BCUT2D eigenvalue weighted by Gasteiger charge is 2.15. The molecule has 96 valence electrons. The van der Waals surface area contributed by atoms with Gasteiger partial charge >= 0.3 is 0 Å². The molecule has 0 amide bonds. The third-order valence-corrected chi connectivity index (χ3v) is 2.90. The molecule has 2 aromatic rings. The van der Waals surface area contributed by atoms with E-state index < -0.39 is 0 Å². The summed E-state index contributed by atoms with van der Waals surface area (Å²) in [6, 6.07) is 10.4. The molecule has 1 heterocycles. The minimum absolute atomic E-state index is 0.323. The average molecular weight is 255 g/mol. The highest BCUT2D eigenvalue weighted by Crippen LogP contribution is 2.23. The number of halogens is 1. The SMILES string of the molecule is CCC(C#N)c1nc(C)cc(-c2ccccc2F)n1. The molecule has 0 N–H and O–H groups in total. The third-order valence-electron chi connectivity index (χ3n) is 2.90. The Balaban J connectivity index is 2.54. The molecule has 0 bridgehead atoms. The zero-order valence-corrected chi connectivity index (χ0v) is 10.9. The van der Waals surface area contributed by atoms with Crippen molar-refractivity contribution in [3.05, 3.63) is 47.7 Å². The number of rotatable bonds is 3. The Labute approximate surface area is 111 Å². The van der Waals surface area contributed by atoms with Crippen LogP contribution in [0.4, 0.5) is 4.39 Å². The first kappa shape index (κ1) is 13.2. The van der Waals surface area contributed by atoms with Crippen molar-refractivity contribution < 1.29 is 4.39 Å². The summed E-state index contributed by atoms with van der Waals surface area (Å²) in [6.45, 7) is 3.72. The molecule has 0 radical (unpaired) electrons. The number of nitrogens with zero attached hydrogens (tertiary/aromatic N) is 3. The van der Waals surface area contributed by atoms with Gasteiger partial charge in [-0.15, -0.1) is 0 Å². The van der Waals surface area contributed by atoms with E-state index in [1.54, 1.807) is 24.3 Å². The molecule has 0 fully saturated rings. The molecular formula is C15H14FN3. The van der Waals surface area contributed by atoms with Crippen LogP contribution >= 0.6 is 0 Å². The zero-order valence-electron chi connectivity index (χ0n) is 10.9. The van der Waals surface area contributed by atoms with Crippen LogP contribution in [0, 0.1) is 24.1 Å². The summed E-state index contributed by atoms with van der Waals surface area (Å²) in [5, 5.41) is 9.08. The summed E-state index contributed by atoms with van der Waals surface area (Å²) in [5.74, 6) is -0.217. The molecule has 1 aromatic heterocycles. The van der Waals surface area contributed by atoms with Crippen LogP contribution in [-0.2, 0) is 0 Å². The summed E-state index contributed by atoms with van der Waals surface area (Å²) in [5.41, 5.74) is 1.69. The minimum atomic E-state index is -0.356. The number of benzene rings is 1. The summed E-state index contributed by atoms with van der Waals surface area (Å²) in [7, 11) is 0. The molecule has 2 rings (SSSR count). The molecule has 4 heteroatoms. The lowest BCUT2D eigenvalue weighted by molar-refractivity contribution is 0.630. The van der Waals surface area contributed by atoms with Crippen LogP contribution < -0.4 is 0 Å². The predicted molar refractivity (Wildman–Crippen MR) is 70.8 cm³/mol. The van der Waals surface area contributed by atoms with Gasteiger partial charge in [0, 0.05) is 11.3 Å². The molecule has 1 unspecified atom stereocenters. The van der Waals surface area contributed by atoms with E-state index in [0.717, 1.165) is 5.69 Å². The van der Waals surface area contributed by atoms with Gasteiger partial charge in [0.05, 0.1) is 11.8 Å². The summed E-state index contributed by atoms with van der Waals surface area (Å²) in [4.78, 5) is 8.61. The highest BCUT2D eigenvalue weighted by molar-refractivity contribution is 5.60. The molecule has 3 nitrogen and oxygen atoms in total. The fraction of sp³-hybridized carbons (Fsp3) is 0.267. The summed E-state index contributed by atoms with van der Waals surface area (Å²) < 4.78 is 13.8. The highest BCUT2D eigenvalue weighted by atomic mass is 19.1. The lowest BCUT2D eigenvalue weighted by Crippen LogP contribution is -2.04. The van der Waals surface area contributed by atoms with Crippen LogP contribution in [0.25, 0.3) is 11.3 Å². The second-order valence-corrected chi connectivity index (χ2v) is 4.32. The maximum atomic E-state index is 13.8. The molecule has 0 saturated heterocycles. The smallest absolute Gasteiger partial charge is 0.146 e. The van der Waals surface area contributed by atoms with E-state index in [1.807, 2.05) is 13.8 Å². The maximum absolute atomic E-state index is 13.8. The molecule has 19 heavy (non-hydrogen) atoms. The monoisotopic (exact) mass is 255 g/mol. The number of nitriles is 1. The summed E-state index contributed by atoms with van der Waals surface area (Å²) in [6.07, 6.45) is 0.636. The summed E-state index contributed by atoms with van der Waals surface area (Å²) >= 11 is 0. The van der Waals surface area contributed by atoms with Crippen molar-refractivity contribution in [2.24, 2.45) is 0 Å². The molecule has 0 aliphatic rings. The Morgan fingerprint density at radius 1 is 1.32 bits per heavy atom. The van der Waals surface area contributed by atoms with Crippen LogP contribution in [0.2, 0.25) is 0 Å². The zero-order chi connectivity index (χ0) is 13.8. The average Bonchev–Trinajstić information content (AvgIpc) is 2.40. The second kappa shape index (κ2) is 5.57. The van der Waals surface area contributed by atoms with Gasteiger partial charge in [0.15, 0.2) is 0 Å². The van der Waals surface area contributed by atoms with E-state index in [9.17, 15) is 4.39 Å². The largest absolute Gasteiger partial charge is 0.237 e. The number of hydrogen-bond donors (Lipinski definition) is 0. The minimum Gasteiger partial charge on any atom is -0.237 e. The van der Waals surface area contributed by atoms with Crippen LogP contribution in [0.5, 0.6) is 0 Å². The molecule has 1 atom stereocenters. The first-order valence-electron chi connectivity index (χ1n) is 6.15. The normalized spacial score (nSPS) is 11.9. The Morgan fingerprint density at radius 3 is 2.68 bits per heavy atom. The fourth-order valence-corrected chi connectivity index (χ4v) is 1.89. The standard InChI is InChI=1S/C15H14FN3/c1-3-11(9-17)15-18-10(2)8-14(19-15)12-6-4-5-7-13(12)16/h4-8,11H,3H2,1-2H3. The Morgan fingerprint density at radius 2 is 2.05 bits per heavy atom.